The van der Waals surface area contributed by atoms with Crippen molar-refractivity contribution in [3.05, 3.63) is 23.8 Å². The maximum Gasteiger partial charge on any atom is 0.234 e. The first-order chi connectivity index (χ1) is 9.04. The predicted molar refractivity (Wildman–Crippen MR) is 72.4 cm³/mol. The number of hydrogen-bond donors (Lipinski definition) is 1. The van der Waals surface area contributed by atoms with Gasteiger partial charge in [-0.15, -0.1) is 0 Å². The largest absolute Gasteiger partial charge is 0.497 e. The van der Waals surface area contributed by atoms with Crippen molar-refractivity contribution >= 4 is 17.5 Å². The number of carbonyl (C=O) groups is 2. The molecule has 1 aromatic rings. The van der Waals surface area contributed by atoms with Crippen molar-refractivity contribution in [3.8, 4) is 5.75 Å². The number of anilines is 1. The lowest BCUT2D eigenvalue weighted by Gasteiger charge is -2.11. The SMILES string of the molecule is COc1ccc2c(c1)C(CCNC(C)=O)C(=O)N2C. The first-order valence-corrected chi connectivity index (χ1v) is 6.24. The molecule has 0 spiro atoms. The third-order valence-corrected chi connectivity index (χ3v) is 3.41. The van der Waals surface area contributed by atoms with Crippen molar-refractivity contribution in [2.24, 2.45) is 0 Å². The summed E-state index contributed by atoms with van der Waals surface area (Å²) < 4.78 is 5.20. The fourth-order valence-electron chi connectivity index (χ4n) is 2.40. The Labute approximate surface area is 112 Å². The number of carbonyl (C=O) groups excluding carboxylic acids is 2. The van der Waals surface area contributed by atoms with Gasteiger partial charge in [0.2, 0.25) is 11.8 Å². The molecule has 19 heavy (non-hydrogen) atoms. The van der Waals surface area contributed by atoms with Crippen LogP contribution in [0.15, 0.2) is 18.2 Å². The van der Waals surface area contributed by atoms with Crippen LogP contribution < -0.4 is 15.0 Å². The highest BCUT2D eigenvalue weighted by molar-refractivity contribution is 6.04. The van der Waals surface area contributed by atoms with E-state index in [0.29, 0.717) is 13.0 Å². The molecular formula is C14H18N2O3. The summed E-state index contributed by atoms with van der Waals surface area (Å²) in [5.74, 6) is 0.520. The van der Waals surface area contributed by atoms with E-state index in [1.165, 1.54) is 6.92 Å². The minimum atomic E-state index is -0.207. The average Bonchev–Trinajstić information content (AvgIpc) is 2.63. The summed E-state index contributed by atoms with van der Waals surface area (Å²) in [6, 6.07) is 5.64. The molecule has 2 rings (SSSR count). The lowest BCUT2D eigenvalue weighted by atomic mass is 9.97. The molecule has 0 bridgehead atoms. The highest BCUT2D eigenvalue weighted by Crippen LogP contribution is 2.39. The standard InChI is InChI=1S/C14H18N2O3/c1-9(17)15-7-6-11-12-8-10(19-3)4-5-13(12)16(2)14(11)18/h4-5,8,11H,6-7H2,1-3H3,(H,15,17). The molecule has 2 amide bonds. The molecule has 0 aliphatic carbocycles. The van der Waals surface area contributed by atoms with Crippen molar-refractivity contribution in [1.82, 2.24) is 5.32 Å². The van der Waals surface area contributed by atoms with E-state index < -0.39 is 0 Å². The van der Waals surface area contributed by atoms with Crippen molar-refractivity contribution in [3.63, 3.8) is 0 Å². The Morgan fingerprint density at radius 1 is 1.47 bits per heavy atom. The number of methoxy groups -OCH3 is 1. The van der Waals surface area contributed by atoms with E-state index in [1.54, 1.807) is 19.1 Å². The summed E-state index contributed by atoms with van der Waals surface area (Å²) in [6.45, 7) is 1.97. The van der Waals surface area contributed by atoms with Crippen LogP contribution in [0.3, 0.4) is 0 Å². The molecule has 0 saturated carbocycles. The molecule has 5 nitrogen and oxygen atoms in total. The van der Waals surface area contributed by atoms with Crippen molar-refractivity contribution in [2.75, 3.05) is 25.6 Å². The van der Waals surface area contributed by atoms with Gasteiger partial charge in [0, 0.05) is 26.2 Å². The van der Waals surface area contributed by atoms with Crippen LogP contribution in [0.25, 0.3) is 0 Å². The Kier molecular flexibility index (Phi) is 3.74. The van der Waals surface area contributed by atoms with Gasteiger partial charge < -0.3 is 15.0 Å². The summed E-state index contributed by atoms with van der Waals surface area (Å²) in [5.41, 5.74) is 1.89. The number of nitrogens with zero attached hydrogens (tertiary/aromatic N) is 1. The number of amides is 2. The smallest absolute Gasteiger partial charge is 0.234 e. The molecule has 1 unspecified atom stereocenters. The summed E-state index contributed by atoms with van der Waals surface area (Å²) in [6.07, 6.45) is 0.600. The highest BCUT2D eigenvalue weighted by Gasteiger charge is 2.34. The first kappa shape index (κ1) is 13.4. The molecule has 0 aromatic heterocycles. The zero-order valence-electron chi connectivity index (χ0n) is 11.4. The third-order valence-electron chi connectivity index (χ3n) is 3.41. The second-order valence-corrected chi connectivity index (χ2v) is 4.65. The number of rotatable bonds is 4. The van der Waals surface area contributed by atoms with Crippen LogP contribution >= 0.6 is 0 Å². The van der Waals surface area contributed by atoms with E-state index in [-0.39, 0.29) is 17.7 Å². The average molecular weight is 262 g/mol. The second kappa shape index (κ2) is 5.30. The van der Waals surface area contributed by atoms with Gasteiger partial charge >= 0.3 is 0 Å². The summed E-state index contributed by atoms with van der Waals surface area (Å²) >= 11 is 0. The van der Waals surface area contributed by atoms with Crippen LogP contribution in [0, 0.1) is 0 Å². The molecule has 1 aliphatic rings. The summed E-state index contributed by atoms with van der Waals surface area (Å²) in [7, 11) is 3.38. The van der Waals surface area contributed by atoms with Crippen molar-refractivity contribution in [1.29, 1.82) is 0 Å². The molecule has 1 atom stereocenters. The minimum absolute atomic E-state index is 0.0635. The maximum atomic E-state index is 12.2. The van der Waals surface area contributed by atoms with E-state index in [4.69, 9.17) is 4.74 Å². The molecule has 0 saturated heterocycles. The predicted octanol–water partition coefficient (Wildman–Crippen LogP) is 1.28. The van der Waals surface area contributed by atoms with Gasteiger partial charge in [-0.05, 0) is 30.2 Å². The third kappa shape index (κ3) is 2.54. The number of fused-ring (bicyclic) bond motifs is 1. The molecule has 102 valence electrons. The Morgan fingerprint density at radius 3 is 2.84 bits per heavy atom. The van der Waals surface area contributed by atoms with Crippen LogP contribution in [0.5, 0.6) is 5.75 Å². The number of ether oxygens (including phenoxy) is 1. The Hall–Kier alpha value is -2.04. The van der Waals surface area contributed by atoms with Crippen LogP contribution in [-0.2, 0) is 9.59 Å². The van der Waals surface area contributed by atoms with Gasteiger partial charge in [0.1, 0.15) is 5.75 Å². The van der Waals surface area contributed by atoms with E-state index in [1.807, 2.05) is 18.2 Å². The molecule has 1 heterocycles. The quantitative estimate of drug-likeness (QED) is 0.889. The monoisotopic (exact) mass is 262 g/mol. The van der Waals surface area contributed by atoms with Crippen LogP contribution in [-0.4, -0.2) is 32.5 Å². The zero-order chi connectivity index (χ0) is 14.0. The van der Waals surface area contributed by atoms with Crippen molar-refractivity contribution < 1.29 is 14.3 Å². The normalized spacial score (nSPS) is 17.3. The fourth-order valence-corrected chi connectivity index (χ4v) is 2.40. The van der Waals surface area contributed by atoms with E-state index in [0.717, 1.165) is 17.0 Å². The Balaban J connectivity index is 2.21. The minimum Gasteiger partial charge on any atom is -0.497 e. The van der Waals surface area contributed by atoms with Gasteiger partial charge in [-0.25, -0.2) is 0 Å². The molecule has 1 aromatic carbocycles. The van der Waals surface area contributed by atoms with Gasteiger partial charge in [-0.3, -0.25) is 9.59 Å². The van der Waals surface area contributed by atoms with Crippen LogP contribution in [0.4, 0.5) is 5.69 Å². The molecule has 1 aliphatic heterocycles. The number of nitrogens with one attached hydrogen (secondary N) is 1. The van der Waals surface area contributed by atoms with Crippen LogP contribution in [0.1, 0.15) is 24.8 Å². The van der Waals surface area contributed by atoms with Crippen LogP contribution in [0.2, 0.25) is 0 Å². The Bertz CT molecular complexity index is 513. The second-order valence-electron chi connectivity index (χ2n) is 4.65. The summed E-state index contributed by atoms with van der Waals surface area (Å²) in [5, 5.41) is 2.73. The topological polar surface area (TPSA) is 58.6 Å². The molecule has 0 fully saturated rings. The molecular weight excluding hydrogens is 244 g/mol. The van der Waals surface area contributed by atoms with E-state index >= 15 is 0 Å². The summed E-state index contributed by atoms with van der Waals surface area (Å²) in [4.78, 5) is 24.8. The van der Waals surface area contributed by atoms with Gasteiger partial charge in [-0.1, -0.05) is 0 Å². The van der Waals surface area contributed by atoms with E-state index in [2.05, 4.69) is 5.32 Å². The number of benzene rings is 1. The van der Waals surface area contributed by atoms with Gasteiger partial charge in [-0.2, -0.15) is 0 Å². The highest BCUT2D eigenvalue weighted by atomic mass is 16.5. The lowest BCUT2D eigenvalue weighted by molar-refractivity contribution is -0.120. The van der Waals surface area contributed by atoms with Gasteiger partial charge in [0.05, 0.1) is 13.0 Å². The molecule has 1 N–H and O–H groups in total. The number of likely N-dealkylation sites (N-methyl/N-ethyl adjacent to an activating group) is 1. The van der Waals surface area contributed by atoms with Gasteiger partial charge in [0.25, 0.3) is 0 Å². The molecule has 5 heteroatoms. The fraction of sp³-hybridized carbons (Fsp3) is 0.429. The first-order valence-electron chi connectivity index (χ1n) is 6.24. The Morgan fingerprint density at radius 2 is 2.21 bits per heavy atom. The lowest BCUT2D eigenvalue weighted by Crippen LogP contribution is -2.27. The maximum absolute atomic E-state index is 12.2. The van der Waals surface area contributed by atoms with Crippen molar-refractivity contribution in [2.45, 2.75) is 19.3 Å². The van der Waals surface area contributed by atoms with E-state index in [9.17, 15) is 9.59 Å². The number of hydrogen-bond acceptors (Lipinski definition) is 3. The van der Waals surface area contributed by atoms with Gasteiger partial charge in [0.15, 0.2) is 0 Å². The zero-order valence-corrected chi connectivity index (χ0v) is 11.4. The molecule has 0 radical (unpaired) electrons.